The first kappa shape index (κ1) is 19.2. The second kappa shape index (κ2) is 7.20. The molecular weight excluding hydrogens is 429 g/mol. The Morgan fingerprint density at radius 2 is 1.83 bits per heavy atom. The van der Waals surface area contributed by atoms with E-state index in [4.69, 9.17) is 23.2 Å². The zero-order chi connectivity index (χ0) is 20.2. The molecule has 152 valence electrons. The molecule has 29 heavy (non-hydrogen) atoms. The Morgan fingerprint density at radius 1 is 1.00 bits per heavy atom. The predicted molar refractivity (Wildman–Crippen MR) is 118 cm³/mol. The van der Waals surface area contributed by atoms with Crippen LogP contribution in [-0.4, -0.2) is 49.5 Å². The first-order valence-electron chi connectivity index (χ1n) is 9.75. The Labute approximate surface area is 180 Å². The van der Waals surface area contributed by atoms with Crippen LogP contribution >= 0.6 is 23.2 Å². The summed E-state index contributed by atoms with van der Waals surface area (Å²) in [6.45, 7) is 3.99. The Bertz CT molecular complexity index is 1190. The van der Waals surface area contributed by atoms with Gasteiger partial charge in [-0.2, -0.15) is 0 Å². The van der Waals surface area contributed by atoms with Crippen LogP contribution in [0.1, 0.15) is 12.8 Å². The number of rotatable bonds is 3. The highest BCUT2D eigenvalue weighted by Gasteiger charge is 2.32. The number of halogens is 2. The molecule has 2 fully saturated rings. The lowest BCUT2D eigenvalue weighted by Crippen LogP contribution is -2.50. The molecule has 2 aromatic carbocycles. The summed E-state index contributed by atoms with van der Waals surface area (Å²) in [6.07, 6.45) is 4.18. The van der Waals surface area contributed by atoms with Crippen LogP contribution in [0.3, 0.4) is 0 Å². The topological polar surface area (TPSA) is 45.6 Å². The van der Waals surface area contributed by atoms with Crippen LogP contribution in [0.5, 0.6) is 0 Å². The van der Waals surface area contributed by atoms with Gasteiger partial charge < -0.3 is 4.90 Å². The third-order valence-corrected chi connectivity index (χ3v) is 8.41. The van der Waals surface area contributed by atoms with Gasteiger partial charge in [-0.25, -0.2) is 12.4 Å². The molecular formula is C21H21Cl2N3O2S. The lowest BCUT2D eigenvalue weighted by molar-refractivity contribution is 0.231. The second-order valence-corrected chi connectivity index (χ2v) is 10.3. The molecule has 0 N–H and O–H groups in total. The molecule has 0 bridgehead atoms. The van der Waals surface area contributed by atoms with E-state index in [-0.39, 0.29) is 9.92 Å². The molecule has 1 unspecified atom stereocenters. The first-order chi connectivity index (χ1) is 13.9. The first-order valence-corrected chi connectivity index (χ1v) is 11.9. The minimum Gasteiger partial charge on any atom is -0.367 e. The summed E-state index contributed by atoms with van der Waals surface area (Å²) in [6, 6.07) is 12.7. The second-order valence-electron chi connectivity index (χ2n) is 7.69. The SMILES string of the molecule is O=S(=O)(c1cc(Cl)ccc1Cl)n1cc(N2CCN3CCCC3C2)c2ccccc21. The number of fused-ring (bicyclic) bond motifs is 2. The molecule has 5 rings (SSSR count). The van der Waals surface area contributed by atoms with Crippen LogP contribution in [-0.2, 0) is 10.0 Å². The quantitative estimate of drug-likeness (QED) is 0.591. The highest BCUT2D eigenvalue weighted by atomic mass is 35.5. The van der Waals surface area contributed by atoms with Gasteiger partial charge in [-0.15, -0.1) is 0 Å². The number of hydrogen-bond acceptors (Lipinski definition) is 4. The van der Waals surface area contributed by atoms with Crippen molar-refractivity contribution in [3.63, 3.8) is 0 Å². The summed E-state index contributed by atoms with van der Waals surface area (Å²) < 4.78 is 28.3. The average molecular weight is 450 g/mol. The maximum atomic E-state index is 13.5. The molecule has 0 amide bonds. The molecule has 0 saturated carbocycles. The molecule has 8 heteroatoms. The average Bonchev–Trinajstić information content (AvgIpc) is 3.34. The van der Waals surface area contributed by atoms with Crippen LogP contribution in [0.15, 0.2) is 53.6 Å². The van der Waals surface area contributed by atoms with Crippen molar-refractivity contribution in [2.75, 3.05) is 31.1 Å². The summed E-state index contributed by atoms with van der Waals surface area (Å²) >= 11 is 12.3. The van der Waals surface area contributed by atoms with E-state index in [2.05, 4.69) is 9.80 Å². The van der Waals surface area contributed by atoms with Gasteiger partial charge in [0, 0.05) is 42.3 Å². The molecule has 2 saturated heterocycles. The van der Waals surface area contributed by atoms with Crippen molar-refractivity contribution in [1.82, 2.24) is 8.87 Å². The molecule has 5 nitrogen and oxygen atoms in total. The number of para-hydroxylation sites is 1. The van der Waals surface area contributed by atoms with E-state index in [9.17, 15) is 8.42 Å². The molecule has 3 heterocycles. The summed E-state index contributed by atoms with van der Waals surface area (Å²) in [5, 5.41) is 1.43. The maximum Gasteiger partial charge on any atom is 0.269 e. The number of benzene rings is 2. The normalized spacial score (nSPS) is 20.3. The van der Waals surface area contributed by atoms with E-state index in [1.165, 1.54) is 35.5 Å². The van der Waals surface area contributed by atoms with E-state index >= 15 is 0 Å². The van der Waals surface area contributed by atoms with E-state index in [1.54, 1.807) is 12.3 Å². The Morgan fingerprint density at radius 3 is 2.69 bits per heavy atom. The summed E-state index contributed by atoms with van der Waals surface area (Å²) in [5.41, 5.74) is 1.60. The van der Waals surface area contributed by atoms with Gasteiger partial charge in [-0.1, -0.05) is 41.4 Å². The number of nitrogens with zero attached hydrogens (tertiary/aromatic N) is 3. The van der Waals surface area contributed by atoms with Crippen LogP contribution in [0, 0.1) is 0 Å². The van der Waals surface area contributed by atoms with E-state index < -0.39 is 10.0 Å². The monoisotopic (exact) mass is 449 g/mol. The number of aromatic nitrogens is 1. The van der Waals surface area contributed by atoms with Crippen LogP contribution in [0.2, 0.25) is 10.0 Å². The van der Waals surface area contributed by atoms with Crippen molar-refractivity contribution >= 4 is 49.8 Å². The van der Waals surface area contributed by atoms with Gasteiger partial charge in [0.15, 0.2) is 0 Å². The van der Waals surface area contributed by atoms with Crippen LogP contribution < -0.4 is 4.90 Å². The van der Waals surface area contributed by atoms with Crippen molar-refractivity contribution in [3.05, 3.63) is 58.7 Å². The van der Waals surface area contributed by atoms with Gasteiger partial charge in [-0.05, 0) is 43.7 Å². The van der Waals surface area contributed by atoms with E-state index in [0.717, 1.165) is 30.7 Å². The molecule has 0 aliphatic carbocycles. The fourth-order valence-electron chi connectivity index (χ4n) is 4.57. The van der Waals surface area contributed by atoms with Crippen molar-refractivity contribution in [2.45, 2.75) is 23.8 Å². The highest BCUT2D eigenvalue weighted by molar-refractivity contribution is 7.90. The van der Waals surface area contributed by atoms with Crippen molar-refractivity contribution in [3.8, 4) is 0 Å². The molecule has 0 spiro atoms. The van der Waals surface area contributed by atoms with Gasteiger partial charge in [0.25, 0.3) is 10.0 Å². The molecule has 2 aliphatic heterocycles. The predicted octanol–water partition coefficient (Wildman–Crippen LogP) is 4.47. The van der Waals surface area contributed by atoms with Crippen molar-refractivity contribution < 1.29 is 8.42 Å². The largest absolute Gasteiger partial charge is 0.367 e. The minimum absolute atomic E-state index is 0.0135. The molecule has 0 radical (unpaired) electrons. The molecule has 3 aromatic rings. The van der Waals surface area contributed by atoms with Crippen molar-refractivity contribution in [1.29, 1.82) is 0 Å². The van der Waals surface area contributed by atoms with E-state index in [1.807, 2.05) is 24.3 Å². The van der Waals surface area contributed by atoms with Crippen molar-refractivity contribution in [2.24, 2.45) is 0 Å². The van der Waals surface area contributed by atoms with Gasteiger partial charge >= 0.3 is 0 Å². The number of piperazine rings is 1. The standard InChI is InChI=1S/C21H21Cl2N3O2S/c22-15-7-8-18(23)21(12-15)29(27,28)26-14-20(17-5-1-2-6-19(17)26)25-11-10-24-9-3-4-16(24)13-25/h1-2,5-8,12,14,16H,3-4,9-11,13H2. The maximum absolute atomic E-state index is 13.5. The fraction of sp³-hybridized carbons (Fsp3) is 0.333. The minimum atomic E-state index is -3.89. The molecule has 1 atom stereocenters. The van der Waals surface area contributed by atoms with Gasteiger partial charge in [0.05, 0.1) is 16.2 Å². The third-order valence-electron chi connectivity index (χ3n) is 6.02. The Kier molecular flexibility index (Phi) is 4.78. The number of hydrogen-bond donors (Lipinski definition) is 0. The summed E-state index contributed by atoms with van der Waals surface area (Å²) in [7, 11) is -3.89. The highest BCUT2D eigenvalue weighted by Crippen LogP contribution is 2.36. The van der Waals surface area contributed by atoms with Crippen LogP contribution in [0.25, 0.3) is 10.9 Å². The zero-order valence-electron chi connectivity index (χ0n) is 15.8. The zero-order valence-corrected chi connectivity index (χ0v) is 18.1. The fourth-order valence-corrected chi connectivity index (χ4v) is 6.68. The van der Waals surface area contributed by atoms with Gasteiger partial charge in [-0.3, -0.25) is 4.90 Å². The Hall–Kier alpha value is -1.73. The van der Waals surface area contributed by atoms with E-state index in [0.29, 0.717) is 16.6 Å². The lowest BCUT2D eigenvalue weighted by Gasteiger charge is -2.38. The molecule has 2 aliphatic rings. The lowest BCUT2D eigenvalue weighted by atomic mass is 10.1. The number of anilines is 1. The smallest absolute Gasteiger partial charge is 0.269 e. The van der Waals surface area contributed by atoms with Crippen LogP contribution in [0.4, 0.5) is 5.69 Å². The Balaban J connectivity index is 1.63. The van der Waals surface area contributed by atoms with Gasteiger partial charge in [0.1, 0.15) is 4.90 Å². The summed E-state index contributed by atoms with van der Waals surface area (Å²) in [5.74, 6) is 0. The summed E-state index contributed by atoms with van der Waals surface area (Å²) in [4.78, 5) is 4.87. The van der Waals surface area contributed by atoms with Gasteiger partial charge in [0.2, 0.25) is 0 Å². The third kappa shape index (κ3) is 3.22. The molecule has 1 aromatic heterocycles.